The van der Waals surface area contributed by atoms with E-state index in [0.29, 0.717) is 17.9 Å². The molecule has 33 heavy (non-hydrogen) atoms. The van der Waals surface area contributed by atoms with Gasteiger partial charge in [0.05, 0.1) is 17.5 Å². The number of fused-ring (bicyclic) bond motifs is 3. The van der Waals surface area contributed by atoms with E-state index in [2.05, 4.69) is 6.07 Å². The van der Waals surface area contributed by atoms with E-state index < -0.39 is 21.2 Å². The van der Waals surface area contributed by atoms with Crippen LogP contribution in [0.1, 0.15) is 30.5 Å². The lowest BCUT2D eigenvalue weighted by atomic mass is 9.79. The molecule has 1 spiro atoms. The van der Waals surface area contributed by atoms with E-state index in [9.17, 15) is 14.9 Å². The number of benzene rings is 2. The van der Waals surface area contributed by atoms with E-state index in [0.717, 1.165) is 11.1 Å². The molecule has 0 aromatic heterocycles. The summed E-state index contributed by atoms with van der Waals surface area (Å²) < 4.78 is 11.0. The smallest absolute Gasteiger partial charge is 0.262 e. The monoisotopic (exact) mass is 479 g/mol. The van der Waals surface area contributed by atoms with Gasteiger partial charge in [0.1, 0.15) is 0 Å². The summed E-state index contributed by atoms with van der Waals surface area (Å²) in [5.74, 6) is 0.982. The first-order valence-electron chi connectivity index (χ1n) is 10.7. The quantitative estimate of drug-likeness (QED) is 0.621. The van der Waals surface area contributed by atoms with Gasteiger partial charge >= 0.3 is 0 Å². The van der Waals surface area contributed by atoms with Crippen molar-refractivity contribution in [3.8, 4) is 17.6 Å². The number of rotatable bonds is 3. The zero-order valence-corrected chi connectivity index (χ0v) is 19.7. The maximum Gasteiger partial charge on any atom is 0.262 e. The molecule has 0 radical (unpaired) electrons. The molecule has 7 rings (SSSR count). The van der Waals surface area contributed by atoms with Crippen molar-refractivity contribution in [1.82, 2.24) is 9.80 Å². The Labute approximate surface area is 199 Å². The number of carbonyl (C=O) groups excluding carboxylic acids is 2. The van der Waals surface area contributed by atoms with Gasteiger partial charge in [-0.2, -0.15) is 5.26 Å². The van der Waals surface area contributed by atoms with Crippen molar-refractivity contribution >= 4 is 33.4 Å². The fraction of sp³-hybridized carbons (Fsp3) is 0.375. The first-order valence-corrected chi connectivity index (χ1v) is 12.8. The average Bonchev–Trinajstić information content (AvgIpc) is 3.40. The average molecular weight is 480 g/mol. The van der Waals surface area contributed by atoms with Crippen LogP contribution in [0.15, 0.2) is 48.5 Å². The standard InChI is InChI=1S/C24H21N3O4S2/c1-22(13-25)12-24-20(28)26(2)23(32-33-24,11-15-6-4-3-5-7-15)21(29)27(24)19(22)16-8-9-17-18(10-16)31-14-30-17/h3-10,19H,11-12,14H2,1-2H3/t19?,22-,23-,24?/m1/s1. The fourth-order valence-corrected chi connectivity index (χ4v) is 9.41. The SMILES string of the molecule is CN1C(=O)C23C[C@](C)(C#N)C(c4ccc5c(c4)OCO5)N2C(=O)[C@@]1(Cc1ccccc1)SS3. The maximum absolute atomic E-state index is 14.3. The van der Waals surface area contributed by atoms with Gasteiger partial charge in [-0.1, -0.05) is 58.0 Å². The molecule has 2 aromatic carbocycles. The molecule has 9 heteroatoms. The van der Waals surface area contributed by atoms with Crippen molar-refractivity contribution in [2.75, 3.05) is 13.8 Å². The van der Waals surface area contributed by atoms with Crippen LogP contribution in [-0.4, -0.2) is 45.2 Å². The number of amides is 2. The second-order valence-electron chi connectivity index (χ2n) is 9.16. The molecular formula is C24H21N3O4S2. The number of ether oxygens (including phenoxy) is 2. The van der Waals surface area contributed by atoms with Crippen LogP contribution in [0.25, 0.3) is 0 Å². The Morgan fingerprint density at radius 2 is 1.85 bits per heavy atom. The number of nitriles is 1. The van der Waals surface area contributed by atoms with Crippen LogP contribution in [0.4, 0.5) is 0 Å². The van der Waals surface area contributed by atoms with Gasteiger partial charge in [0, 0.05) is 19.9 Å². The predicted octanol–water partition coefficient (Wildman–Crippen LogP) is 3.72. The minimum absolute atomic E-state index is 0.119. The van der Waals surface area contributed by atoms with Gasteiger partial charge in [0.15, 0.2) is 21.2 Å². The van der Waals surface area contributed by atoms with Gasteiger partial charge in [-0.3, -0.25) is 9.59 Å². The molecule has 7 nitrogen and oxygen atoms in total. The highest BCUT2D eigenvalue weighted by atomic mass is 33.1. The summed E-state index contributed by atoms with van der Waals surface area (Å²) >= 11 is 0. The molecule has 2 aromatic rings. The normalized spacial score (nSPS) is 33.9. The third-order valence-corrected chi connectivity index (χ3v) is 10.8. The van der Waals surface area contributed by atoms with Gasteiger partial charge < -0.3 is 19.3 Å². The van der Waals surface area contributed by atoms with E-state index in [1.54, 1.807) is 16.8 Å². The molecule has 5 aliphatic heterocycles. The molecule has 5 heterocycles. The first kappa shape index (κ1) is 20.8. The van der Waals surface area contributed by atoms with Crippen molar-refractivity contribution in [2.45, 2.75) is 35.5 Å². The topological polar surface area (TPSA) is 82.9 Å². The van der Waals surface area contributed by atoms with E-state index in [4.69, 9.17) is 9.47 Å². The molecule has 4 fully saturated rings. The van der Waals surface area contributed by atoms with Crippen molar-refractivity contribution in [1.29, 1.82) is 5.26 Å². The molecule has 4 saturated heterocycles. The number of nitrogens with zero attached hydrogens (tertiary/aromatic N) is 3. The molecule has 4 atom stereocenters. The van der Waals surface area contributed by atoms with E-state index >= 15 is 0 Å². The Kier molecular flexibility index (Phi) is 4.30. The van der Waals surface area contributed by atoms with Gasteiger partial charge in [-0.25, -0.2) is 0 Å². The highest BCUT2D eigenvalue weighted by molar-refractivity contribution is 8.78. The van der Waals surface area contributed by atoms with Gasteiger partial charge in [-0.15, -0.1) is 0 Å². The van der Waals surface area contributed by atoms with Crippen molar-refractivity contribution < 1.29 is 19.1 Å². The van der Waals surface area contributed by atoms with Crippen molar-refractivity contribution in [2.24, 2.45) is 5.41 Å². The predicted molar refractivity (Wildman–Crippen MR) is 124 cm³/mol. The summed E-state index contributed by atoms with van der Waals surface area (Å²) in [7, 11) is 4.59. The van der Waals surface area contributed by atoms with Gasteiger partial charge in [0.2, 0.25) is 6.79 Å². The zero-order chi connectivity index (χ0) is 23.0. The minimum atomic E-state index is -1.11. The molecule has 2 unspecified atom stereocenters. The molecule has 2 amide bonds. The van der Waals surface area contributed by atoms with E-state index in [-0.39, 0.29) is 25.0 Å². The number of hydrogen-bond acceptors (Lipinski definition) is 7. The van der Waals surface area contributed by atoms with Crippen LogP contribution in [0.3, 0.4) is 0 Å². The Balaban J connectivity index is 1.50. The lowest BCUT2D eigenvalue weighted by Gasteiger charge is -2.58. The second kappa shape index (κ2) is 6.84. The van der Waals surface area contributed by atoms with Crippen LogP contribution >= 0.6 is 21.6 Å². The Hall–Kier alpha value is -2.83. The molecule has 5 aliphatic rings. The number of piperazine rings is 1. The maximum atomic E-state index is 14.3. The molecular weight excluding hydrogens is 458 g/mol. The summed E-state index contributed by atoms with van der Waals surface area (Å²) in [6.07, 6.45) is 0.667. The summed E-state index contributed by atoms with van der Waals surface area (Å²) in [6.45, 7) is 1.99. The van der Waals surface area contributed by atoms with Crippen LogP contribution < -0.4 is 9.47 Å². The van der Waals surface area contributed by atoms with Crippen LogP contribution in [0.5, 0.6) is 11.5 Å². The lowest BCUT2D eigenvalue weighted by Crippen LogP contribution is -2.75. The molecule has 0 saturated carbocycles. The molecule has 0 N–H and O–H groups in total. The molecule has 0 aliphatic carbocycles. The van der Waals surface area contributed by atoms with Crippen molar-refractivity contribution in [3.05, 3.63) is 59.7 Å². The van der Waals surface area contributed by atoms with Crippen LogP contribution in [-0.2, 0) is 16.0 Å². The number of carbonyl (C=O) groups is 2. The lowest BCUT2D eigenvalue weighted by molar-refractivity contribution is -0.165. The first-order chi connectivity index (χ1) is 15.8. The molecule has 2 bridgehead atoms. The van der Waals surface area contributed by atoms with Gasteiger partial charge in [-0.05, 0) is 30.2 Å². The number of hydrogen-bond donors (Lipinski definition) is 0. The minimum Gasteiger partial charge on any atom is -0.454 e. The summed E-state index contributed by atoms with van der Waals surface area (Å²) in [5, 5.41) is 10.3. The highest BCUT2D eigenvalue weighted by Crippen LogP contribution is 2.70. The summed E-state index contributed by atoms with van der Waals surface area (Å²) in [5.41, 5.74) is 0.812. The van der Waals surface area contributed by atoms with Crippen LogP contribution in [0.2, 0.25) is 0 Å². The van der Waals surface area contributed by atoms with E-state index in [1.165, 1.54) is 21.6 Å². The fourth-order valence-electron chi connectivity index (χ4n) is 5.52. The Morgan fingerprint density at radius 1 is 1.09 bits per heavy atom. The third kappa shape index (κ3) is 2.59. The Morgan fingerprint density at radius 3 is 2.61 bits per heavy atom. The summed E-state index contributed by atoms with van der Waals surface area (Å²) in [4.78, 5) is 29.3. The largest absolute Gasteiger partial charge is 0.454 e. The Bertz CT molecular complexity index is 1230. The zero-order valence-electron chi connectivity index (χ0n) is 18.1. The molecule has 168 valence electrons. The number of likely N-dealkylation sites (N-methyl/N-ethyl adjacent to an activating group) is 1. The second-order valence-corrected chi connectivity index (χ2v) is 11.8. The third-order valence-electron chi connectivity index (χ3n) is 7.16. The summed E-state index contributed by atoms with van der Waals surface area (Å²) in [6, 6.07) is 17.1. The highest BCUT2D eigenvalue weighted by Gasteiger charge is 2.75. The van der Waals surface area contributed by atoms with Crippen molar-refractivity contribution in [3.63, 3.8) is 0 Å². The van der Waals surface area contributed by atoms with Gasteiger partial charge in [0.25, 0.3) is 11.8 Å². The van der Waals surface area contributed by atoms with Crippen LogP contribution in [0, 0.1) is 16.7 Å². The van der Waals surface area contributed by atoms with E-state index in [1.807, 2.05) is 55.5 Å².